The summed E-state index contributed by atoms with van der Waals surface area (Å²) < 4.78 is 3.31. The van der Waals surface area contributed by atoms with Gasteiger partial charge in [-0.25, -0.2) is 14.2 Å². The molecule has 0 radical (unpaired) electrons. The molecule has 0 atom stereocenters. The van der Waals surface area contributed by atoms with E-state index in [2.05, 4.69) is 51.7 Å². The van der Waals surface area contributed by atoms with E-state index in [1.54, 1.807) is 33.9 Å². The maximum Gasteiger partial charge on any atom is 0.323 e. The Morgan fingerprint density at radius 2 is 0.900 bits per heavy atom. The zero-order chi connectivity index (χ0) is 41.1. The lowest BCUT2D eigenvalue weighted by molar-refractivity contribution is -0.117. The summed E-state index contributed by atoms with van der Waals surface area (Å²) in [6, 6.07) is 29.2. The largest absolute Gasteiger partial charge is 0.326 e. The van der Waals surface area contributed by atoms with Gasteiger partial charge in [0.05, 0.1) is 35.1 Å². The Morgan fingerprint density at radius 1 is 0.500 bits per heavy atom. The second kappa shape index (κ2) is 19.4. The molecule has 2 aliphatic rings. The van der Waals surface area contributed by atoms with Gasteiger partial charge < -0.3 is 31.1 Å². The second-order valence-electron chi connectivity index (χ2n) is 15.3. The maximum absolute atomic E-state index is 13.5. The van der Waals surface area contributed by atoms with E-state index in [9.17, 15) is 14.4 Å². The minimum absolute atomic E-state index is 0.00847. The molecule has 4 heterocycles. The van der Waals surface area contributed by atoms with E-state index in [1.807, 2.05) is 84.9 Å². The van der Waals surface area contributed by atoms with Crippen molar-refractivity contribution in [2.75, 3.05) is 60.5 Å². The molecule has 15 nitrogen and oxygen atoms in total. The average molecular weight is 807 g/mol. The van der Waals surface area contributed by atoms with Gasteiger partial charge >= 0.3 is 6.03 Å². The average Bonchev–Trinajstić information content (AvgIpc) is 4.11. The molecule has 6 aromatic rings. The highest BCUT2D eigenvalue weighted by molar-refractivity contribution is 6.04. The second-order valence-corrected chi connectivity index (χ2v) is 15.3. The standard InChI is InChI=1S/C45H50N12O3/c58-43(15-9-29-54-25-5-6-26-54)46-33-17-21-35(22-18-33)56-31-41(50-52-56)37-11-1-3-13-39(37)48-45(60)49-40-14-4-2-12-38(40)42-32-57(53-51-42)36-23-19-34(20-24-36)47-44(59)16-10-30-55-27-7-8-28-55/h1-4,11-14,17-24,31-32H,5-10,15-16,25-30H2,(H,46,58)(H,47,59)(H2,48,49,60). The molecule has 8 rings (SSSR count). The van der Waals surface area contributed by atoms with Crippen molar-refractivity contribution in [3.63, 3.8) is 0 Å². The lowest BCUT2D eigenvalue weighted by atomic mass is 10.1. The monoisotopic (exact) mass is 806 g/mol. The first-order chi connectivity index (χ1) is 29.4. The molecule has 4 N–H and O–H groups in total. The van der Waals surface area contributed by atoms with Crippen LogP contribution in [-0.4, -0.2) is 96.9 Å². The number of aromatic nitrogens is 6. The summed E-state index contributed by atoms with van der Waals surface area (Å²) in [6.45, 7) is 6.46. The van der Waals surface area contributed by atoms with Gasteiger partial charge in [0, 0.05) is 35.3 Å². The van der Waals surface area contributed by atoms with E-state index in [0.717, 1.165) is 74.9 Å². The lowest BCUT2D eigenvalue weighted by Gasteiger charge is -2.13. The van der Waals surface area contributed by atoms with Crippen LogP contribution in [0.5, 0.6) is 0 Å². The summed E-state index contributed by atoms with van der Waals surface area (Å²) in [5, 5.41) is 29.4. The molecular weight excluding hydrogens is 757 g/mol. The van der Waals surface area contributed by atoms with Crippen molar-refractivity contribution in [1.82, 2.24) is 39.8 Å². The molecule has 60 heavy (non-hydrogen) atoms. The van der Waals surface area contributed by atoms with Crippen molar-refractivity contribution in [2.24, 2.45) is 0 Å². The molecule has 15 heteroatoms. The Morgan fingerprint density at radius 3 is 1.32 bits per heavy atom. The van der Waals surface area contributed by atoms with Crippen LogP contribution in [0.15, 0.2) is 109 Å². The molecule has 0 aliphatic carbocycles. The number of para-hydroxylation sites is 2. The number of urea groups is 1. The van der Waals surface area contributed by atoms with Crippen molar-refractivity contribution in [2.45, 2.75) is 51.4 Å². The molecule has 2 aromatic heterocycles. The Balaban J connectivity index is 0.857. The van der Waals surface area contributed by atoms with Crippen LogP contribution in [0.3, 0.4) is 0 Å². The van der Waals surface area contributed by atoms with Crippen LogP contribution in [-0.2, 0) is 9.59 Å². The van der Waals surface area contributed by atoms with Gasteiger partial charge in [-0.3, -0.25) is 9.59 Å². The zero-order valence-electron chi connectivity index (χ0n) is 33.6. The summed E-state index contributed by atoms with van der Waals surface area (Å²) in [4.78, 5) is 43.3. The van der Waals surface area contributed by atoms with Crippen molar-refractivity contribution >= 4 is 40.6 Å². The van der Waals surface area contributed by atoms with E-state index in [4.69, 9.17) is 0 Å². The zero-order valence-corrected chi connectivity index (χ0v) is 33.6. The maximum atomic E-state index is 13.5. The molecule has 4 amide bonds. The summed E-state index contributed by atoms with van der Waals surface area (Å²) in [6.07, 6.45) is 11.3. The number of likely N-dealkylation sites (tertiary alicyclic amines) is 2. The van der Waals surface area contributed by atoms with Crippen molar-refractivity contribution in [1.29, 1.82) is 0 Å². The number of nitrogens with one attached hydrogen (secondary N) is 4. The topological polar surface area (TPSA) is 167 Å². The minimum atomic E-state index is -0.447. The molecule has 2 fully saturated rings. The number of benzene rings is 4. The molecule has 0 unspecified atom stereocenters. The molecule has 4 aromatic carbocycles. The summed E-state index contributed by atoms with van der Waals surface area (Å²) >= 11 is 0. The van der Waals surface area contributed by atoms with E-state index < -0.39 is 6.03 Å². The summed E-state index contributed by atoms with van der Waals surface area (Å²) in [7, 11) is 0. The molecule has 0 bridgehead atoms. The Labute approximate surface area is 349 Å². The van der Waals surface area contributed by atoms with Gasteiger partial charge in [-0.2, -0.15) is 0 Å². The highest BCUT2D eigenvalue weighted by Gasteiger charge is 2.17. The quantitative estimate of drug-likeness (QED) is 0.0777. The number of carbonyl (C=O) groups excluding carboxylic acids is 3. The first-order valence-corrected chi connectivity index (χ1v) is 20.8. The van der Waals surface area contributed by atoms with E-state index in [0.29, 0.717) is 46.7 Å². The fourth-order valence-electron chi connectivity index (χ4n) is 7.71. The van der Waals surface area contributed by atoms with Crippen LogP contribution in [0.4, 0.5) is 27.5 Å². The van der Waals surface area contributed by atoms with Gasteiger partial charge in [0.25, 0.3) is 0 Å². The number of hydrogen-bond acceptors (Lipinski definition) is 9. The van der Waals surface area contributed by atoms with Crippen molar-refractivity contribution in [3.8, 4) is 33.9 Å². The van der Waals surface area contributed by atoms with E-state index >= 15 is 0 Å². The van der Waals surface area contributed by atoms with Crippen molar-refractivity contribution < 1.29 is 14.4 Å². The first-order valence-electron chi connectivity index (χ1n) is 20.8. The van der Waals surface area contributed by atoms with Crippen LogP contribution in [0.1, 0.15) is 51.4 Å². The first kappa shape index (κ1) is 40.1. The summed E-state index contributed by atoms with van der Waals surface area (Å²) in [5.41, 5.74) is 6.63. The van der Waals surface area contributed by atoms with Gasteiger partial charge in [-0.05, 0) is 138 Å². The highest BCUT2D eigenvalue weighted by atomic mass is 16.2. The van der Waals surface area contributed by atoms with E-state index in [1.165, 1.54) is 25.7 Å². The molecule has 308 valence electrons. The van der Waals surface area contributed by atoms with Crippen LogP contribution in [0.25, 0.3) is 33.9 Å². The molecular formula is C45H50N12O3. The number of carbonyl (C=O) groups is 3. The number of amides is 4. The number of anilines is 4. The Hall–Kier alpha value is -6.71. The molecule has 2 saturated heterocycles. The van der Waals surface area contributed by atoms with Crippen molar-refractivity contribution in [3.05, 3.63) is 109 Å². The lowest BCUT2D eigenvalue weighted by Crippen LogP contribution is -2.22. The third kappa shape index (κ3) is 10.5. The van der Waals surface area contributed by atoms with Gasteiger partial charge in [-0.15, -0.1) is 10.2 Å². The predicted molar refractivity (Wildman–Crippen MR) is 233 cm³/mol. The Bertz CT molecular complexity index is 2210. The number of nitrogens with zero attached hydrogens (tertiary/aromatic N) is 8. The molecule has 0 saturated carbocycles. The van der Waals surface area contributed by atoms with Gasteiger partial charge in [0.15, 0.2) is 0 Å². The van der Waals surface area contributed by atoms with Crippen LogP contribution >= 0.6 is 0 Å². The third-order valence-corrected chi connectivity index (χ3v) is 10.9. The predicted octanol–water partition coefficient (Wildman–Crippen LogP) is 7.46. The van der Waals surface area contributed by atoms with Gasteiger partial charge in [0.1, 0.15) is 11.4 Å². The SMILES string of the molecule is O=C(CCCN1CCCC1)Nc1ccc(-n2cc(-c3ccccc3NC(=O)Nc3ccccc3-c3cn(-c4ccc(NC(=O)CCCN5CCCC5)cc4)nn3)nn2)cc1. The van der Waals surface area contributed by atoms with Gasteiger partial charge in [-0.1, -0.05) is 46.8 Å². The Kier molecular flexibility index (Phi) is 12.9. The smallest absolute Gasteiger partial charge is 0.323 e. The molecule has 0 spiro atoms. The third-order valence-electron chi connectivity index (χ3n) is 10.9. The fraction of sp³-hybridized carbons (Fsp3) is 0.311. The highest BCUT2D eigenvalue weighted by Crippen LogP contribution is 2.30. The van der Waals surface area contributed by atoms with Crippen LogP contribution in [0, 0.1) is 0 Å². The molecule has 2 aliphatic heterocycles. The van der Waals surface area contributed by atoms with Crippen LogP contribution < -0.4 is 21.3 Å². The number of hydrogen-bond donors (Lipinski definition) is 4. The van der Waals surface area contributed by atoms with Gasteiger partial charge in [0.2, 0.25) is 11.8 Å². The normalized spacial score (nSPS) is 14.3. The fourth-order valence-corrected chi connectivity index (χ4v) is 7.71. The van der Waals surface area contributed by atoms with Crippen LogP contribution in [0.2, 0.25) is 0 Å². The summed E-state index contributed by atoms with van der Waals surface area (Å²) in [5.74, 6) is 0.0169. The minimum Gasteiger partial charge on any atom is -0.326 e. The van der Waals surface area contributed by atoms with E-state index in [-0.39, 0.29) is 11.8 Å². The number of rotatable bonds is 16.